The summed E-state index contributed by atoms with van der Waals surface area (Å²) in [6, 6.07) is 0.923. The number of hydrogen-bond donors (Lipinski definition) is 2. The van der Waals surface area contributed by atoms with E-state index in [2.05, 4.69) is 42.8 Å². The molecule has 4 nitrogen and oxygen atoms in total. The zero-order valence-electron chi connectivity index (χ0n) is 12.7. The first-order chi connectivity index (χ1) is 9.04. The molecule has 1 aromatic heterocycles. The van der Waals surface area contributed by atoms with Crippen molar-refractivity contribution in [2.45, 2.75) is 65.5 Å². The van der Waals surface area contributed by atoms with Crippen LogP contribution in [0.15, 0.2) is 0 Å². The summed E-state index contributed by atoms with van der Waals surface area (Å²) in [5, 5.41) is 8.38. The number of rotatable bonds is 4. The van der Waals surface area contributed by atoms with Crippen LogP contribution in [0.4, 0.5) is 5.69 Å². The third kappa shape index (κ3) is 2.94. The van der Waals surface area contributed by atoms with E-state index in [1.54, 1.807) is 0 Å². The molecule has 1 fully saturated rings. The Labute approximate surface area is 116 Å². The molecule has 2 unspecified atom stereocenters. The van der Waals surface area contributed by atoms with Crippen LogP contribution in [0.2, 0.25) is 0 Å². The van der Waals surface area contributed by atoms with E-state index in [1.165, 1.54) is 37.1 Å². The van der Waals surface area contributed by atoms with Gasteiger partial charge in [-0.25, -0.2) is 0 Å². The van der Waals surface area contributed by atoms with E-state index in [0.29, 0.717) is 18.0 Å². The fourth-order valence-corrected chi connectivity index (χ4v) is 3.24. The van der Waals surface area contributed by atoms with Gasteiger partial charge in [0.15, 0.2) is 0 Å². The van der Waals surface area contributed by atoms with Crippen LogP contribution in [0.5, 0.6) is 0 Å². The number of hydrogen-bond acceptors (Lipinski definition) is 3. The number of nitrogens with zero attached hydrogens (tertiary/aromatic N) is 2. The molecule has 2 atom stereocenters. The van der Waals surface area contributed by atoms with Crippen LogP contribution < -0.4 is 11.1 Å². The minimum atomic E-state index is 0.408. The van der Waals surface area contributed by atoms with E-state index in [4.69, 9.17) is 5.73 Å². The first kappa shape index (κ1) is 14.4. The molecule has 108 valence electrons. The summed E-state index contributed by atoms with van der Waals surface area (Å²) in [7, 11) is 0. The fourth-order valence-electron chi connectivity index (χ4n) is 3.24. The Morgan fingerprint density at radius 3 is 2.58 bits per heavy atom. The summed E-state index contributed by atoms with van der Waals surface area (Å²) in [5.74, 6) is 0.606. The lowest BCUT2D eigenvalue weighted by Gasteiger charge is -2.32. The predicted molar refractivity (Wildman–Crippen MR) is 80.5 cm³/mol. The highest BCUT2D eigenvalue weighted by atomic mass is 15.3. The molecule has 2 rings (SSSR count). The number of nitrogens with one attached hydrogen (secondary N) is 1. The lowest BCUT2D eigenvalue weighted by Crippen LogP contribution is -2.37. The van der Waals surface area contributed by atoms with Gasteiger partial charge in [0.25, 0.3) is 0 Å². The summed E-state index contributed by atoms with van der Waals surface area (Å²) >= 11 is 0. The van der Waals surface area contributed by atoms with Crippen LogP contribution in [0, 0.1) is 19.8 Å². The van der Waals surface area contributed by atoms with Gasteiger partial charge in [0.2, 0.25) is 0 Å². The van der Waals surface area contributed by atoms with Crippen LogP contribution in [-0.4, -0.2) is 22.4 Å². The van der Waals surface area contributed by atoms with E-state index >= 15 is 0 Å². The SMILES string of the molecule is Cc1nn(C(C)C)c(C)c1NC1CCCCC1CN. The first-order valence-electron chi connectivity index (χ1n) is 7.57. The Morgan fingerprint density at radius 2 is 2.00 bits per heavy atom. The molecule has 0 radical (unpaired) electrons. The molecule has 0 saturated heterocycles. The Morgan fingerprint density at radius 1 is 1.32 bits per heavy atom. The average Bonchev–Trinajstić information content (AvgIpc) is 2.67. The minimum Gasteiger partial charge on any atom is -0.379 e. The quantitative estimate of drug-likeness (QED) is 0.879. The number of aryl methyl sites for hydroxylation is 1. The van der Waals surface area contributed by atoms with Crippen molar-refractivity contribution in [1.29, 1.82) is 0 Å². The van der Waals surface area contributed by atoms with E-state index in [1.807, 2.05) is 0 Å². The zero-order chi connectivity index (χ0) is 14.0. The summed E-state index contributed by atoms with van der Waals surface area (Å²) in [5.41, 5.74) is 9.49. The topological polar surface area (TPSA) is 55.9 Å². The second-order valence-electron chi connectivity index (χ2n) is 6.12. The van der Waals surface area contributed by atoms with E-state index in [9.17, 15) is 0 Å². The maximum atomic E-state index is 5.92. The fraction of sp³-hybridized carbons (Fsp3) is 0.800. The van der Waals surface area contributed by atoms with Crippen molar-refractivity contribution in [2.75, 3.05) is 11.9 Å². The van der Waals surface area contributed by atoms with E-state index in [-0.39, 0.29) is 0 Å². The molecule has 1 heterocycles. The third-order valence-electron chi connectivity index (χ3n) is 4.36. The van der Waals surface area contributed by atoms with E-state index in [0.717, 1.165) is 12.2 Å². The van der Waals surface area contributed by atoms with Gasteiger partial charge in [-0.05, 0) is 53.0 Å². The van der Waals surface area contributed by atoms with Crippen LogP contribution in [0.25, 0.3) is 0 Å². The molecule has 0 bridgehead atoms. The lowest BCUT2D eigenvalue weighted by atomic mass is 9.84. The van der Waals surface area contributed by atoms with Gasteiger partial charge in [0.05, 0.1) is 17.1 Å². The minimum absolute atomic E-state index is 0.408. The van der Waals surface area contributed by atoms with Gasteiger partial charge in [0, 0.05) is 12.1 Å². The van der Waals surface area contributed by atoms with Gasteiger partial charge in [-0.1, -0.05) is 12.8 Å². The maximum Gasteiger partial charge on any atom is 0.0828 e. The van der Waals surface area contributed by atoms with Gasteiger partial charge in [-0.3, -0.25) is 4.68 Å². The second-order valence-corrected chi connectivity index (χ2v) is 6.12. The summed E-state index contributed by atoms with van der Waals surface area (Å²) in [6.45, 7) is 9.38. The third-order valence-corrected chi connectivity index (χ3v) is 4.36. The van der Waals surface area contributed by atoms with Gasteiger partial charge >= 0.3 is 0 Å². The Bertz CT molecular complexity index is 422. The molecule has 1 aromatic rings. The highest BCUT2D eigenvalue weighted by Gasteiger charge is 2.25. The summed E-state index contributed by atoms with van der Waals surface area (Å²) < 4.78 is 2.11. The van der Waals surface area contributed by atoms with Crippen molar-refractivity contribution >= 4 is 5.69 Å². The summed E-state index contributed by atoms with van der Waals surface area (Å²) in [4.78, 5) is 0. The Balaban J connectivity index is 2.18. The standard InChI is InChI=1S/C15H28N4/c1-10(2)19-12(4)15(11(3)18-19)17-14-8-6-5-7-13(14)9-16/h10,13-14,17H,5-9,16H2,1-4H3. The Kier molecular flexibility index (Phi) is 4.50. The van der Waals surface area contributed by atoms with Crippen molar-refractivity contribution in [2.24, 2.45) is 11.7 Å². The van der Waals surface area contributed by atoms with Crippen molar-refractivity contribution in [3.05, 3.63) is 11.4 Å². The second kappa shape index (κ2) is 5.95. The molecule has 4 heteroatoms. The molecule has 3 N–H and O–H groups in total. The number of nitrogens with two attached hydrogens (primary N) is 1. The number of anilines is 1. The normalized spacial score (nSPS) is 23.9. The summed E-state index contributed by atoms with van der Waals surface area (Å²) in [6.07, 6.45) is 5.12. The molecule has 0 spiro atoms. The highest BCUT2D eigenvalue weighted by Crippen LogP contribution is 2.30. The first-order valence-corrected chi connectivity index (χ1v) is 7.57. The molecule has 1 aliphatic rings. The van der Waals surface area contributed by atoms with Gasteiger partial charge in [-0.15, -0.1) is 0 Å². The largest absolute Gasteiger partial charge is 0.379 e. The molecule has 0 amide bonds. The lowest BCUT2D eigenvalue weighted by molar-refractivity contribution is 0.332. The highest BCUT2D eigenvalue weighted by molar-refractivity contribution is 5.53. The van der Waals surface area contributed by atoms with Crippen LogP contribution >= 0.6 is 0 Å². The average molecular weight is 264 g/mol. The van der Waals surface area contributed by atoms with Crippen molar-refractivity contribution in [3.63, 3.8) is 0 Å². The molecule has 1 aliphatic carbocycles. The van der Waals surface area contributed by atoms with Gasteiger partial charge in [-0.2, -0.15) is 5.10 Å². The van der Waals surface area contributed by atoms with Gasteiger partial charge < -0.3 is 11.1 Å². The van der Waals surface area contributed by atoms with Crippen LogP contribution in [-0.2, 0) is 0 Å². The molecular formula is C15H28N4. The zero-order valence-corrected chi connectivity index (χ0v) is 12.7. The Hall–Kier alpha value is -1.03. The molecule has 19 heavy (non-hydrogen) atoms. The molecule has 0 aliphatic heterocycles. The molecule has 0 aromatic carbocycles. The van der Waals surface area contributed by atoms with Crippen molar-refractivity contribution in [3.8, 4) is 0 Å². The monoisotopic (exact) mass is 264 g/mol. The van der Waals surface area contributed by atoms with Gasteiger partial charge in [0.1, 0.15) is 0 Å². The predicted octanol–water partition coefficient (Wildman–Crippen LogP) is 3.01. The molecule has 1 saturated carbocycles. The van der Waals surface area contributed by atoms with Crippen molar-refractivity contribution < 1.29 is 0 Å². The van der Waals surface area contributed by atoms with Crippen LogP contribution in [0.1, 0.15) is 57.0 Å². The van der Waals surface area contributed by atoms with E-state index < -0.39 is 0 Å². The van der Waals surface area contributed by atoms with Crippen molar-refractivity contribution in [1.82, 2.24) is 9.78 Å². The maximum absolute atomic E-state index is 5.92. The van der Waals surface area contributed by atoms with Crippen LogP contribution in [0.3, 0.4) is 0 Å². The number of aromatic nitrogens is 2. The smallest absolute Gasteiger partial charge is 0.0828 e. The molecular weight excluding hydrogens is 236 g/mol.